The van der Waals surface area contributed by atoms with Crippen molar-refractivity contribution in [1.29, 1.82) is 0 Å². The highest BCUT2D eigenvalue weighted by Gasteiger charge is 2.10. The molecule has 1 amide bonds. The van der Waals surface area contributed by atoms with Crippen LogP contribution in [0.4, 0.5) is 0 Å². The van der Waals surface area contributed by atoms with Crippen molar-refractivity contribution >= 4 is 17.7 Å². The Hall–Kier alpha value is -2.13. The summed E-state index contributed by atoms with van der Waals surface area (Å²) in [6, 6.07) is 6.38. The van der Waals surface area contributed by atoms with E-state index in [0.29, 0.717) is 10.8 Å². The number of aromatic hydroxyl groups is 1. The molecule has 0 saturated carbocycles. The minimum absolute atomic E-state index is 0.120. The predicted molar refractivity (Wildman–Crippen MR) is 63.9 cm³/mol. The molecule has 0 aliphatic carbocycles. The molecule has 0 aliphatic rings. The molecule has 8 nitrogen and oxygen atoms in total. The average Bonchev–Trinajstić information content (AvgIpc) is 2.85. The van der Waals surface area contributed by atoms with Gasteiger partial charge in [-0.1, -0.05) is 11.8 Å². The number of hydrogen-bond acceptors (Lipinski definition) is 7. The Morgan fingerprint density at radius 1 is 1.44 bits per heavy atom. The first kappa shape index (κ1) is 12.3. The van der Waals surface area contributed by atoms with Crippen LogP contribution in [0.2, 0.25) is 0 Å². The van der Waals surface area contributed by atoms with Crippen LogP contribution in [0.3, 0.4) is 0 Å². The third-order valence-corrected chi connectivity index (χ3v) is 2.95. The number of phenolic OH excluding ortho intramolecular Hbond substituents is 1. The van der Waals surface area contributed by atoms with Crippen molar-refractivity contribution in [2.24, 2.45) is 5.84 Å². The van der Waals surface area contributed by atoms with E-state index in [1.165, 1.54) is 16.8 Å². The van der Waals surface area contributed by atoms with Crippen molar-refractivity contribution in [3.05, 3.63) is 24.3 Å². The minimum Gasteiger partial charge on any atom is -0.508 e. The van der Waals surface area contributed by atoms with Crippen LogP contribution >= 0.6 is 11.8 Å². The number of aromatic nitrogens is 4. The highest BCUT2D eigenvalue weighted by molar-refractivity contribution is 7.99. The smallest absolute Gasteiger partial charge is 0.244 e. The zero-order valence-electron chi connectivity index (χ0n) is 9.15. The van der Waals surface area contributed by atoms with Crippen LogP contribution in [0, 0.1) is 0 Å². The lowest BCUT2D eigenvalue weighted by Gasteiger charge is -2.03. The van der Waals surface area contributed by atoms with Gasteiger partial charge in [-0.15, -0.1) is 5.10 Å². The molecule has 1 aromatic heterocycles. The van der Waals surface area contributed by atoms with Gasteiger partial charge in [0.05, 0.1) is 11.4 Å². The fraction of sp³-hybridized carbons (Fsp3) is 0.111. The summed E-state index contributed by atoms with van der Waals surface area (Å²) < 4.78 is 1.47. The number of benzene rings is 1. The van der Waals surface area contributed by atoms with Gasteiger partial charge in [-0.3, -0.25) is 10.2 Å². The molecule has 2 rings (SSSR count). The molecule has 0 fully saturated rings. The maximum Gasteiger partial charge on any atom is 0.244 e. The van der Waals surface area contributed by atoms with E-state index in [4.69, 9.17) is 5.84 Å². The highest BCUT2D eigenvalue weighted by atomic mass is 32.2. The van der Waals surface area contributed by atoms with Gasteiger partial charge in [0, 0.05) is 0 Å². The monoisotopic (exact) mass is 266 g/mol. The number of rotatable bonds is 4. The van der Waals surface area contributed by atoms with Crippen LogP contribution < -0.4 is 11.3 Å². The van der Waals surface area contributed by atoms with Gasteiger partial charge in [-0.2, -0.15) is 4.68 Å². The fourth-order valence-corrected chi connectivity index (χ4v) is 1.90. The van der Waals surface area contributed by atoms with Crippen LogP contribution in [0.25, 0.3) is 5.69 Å². The quantitative estimate of drug-likeness (QED) is 0.294. The summed E-state index contributed by atoms with van der Waals surface area (Å²) >= 11 is 1.16. The number of amides is 1. The van der Waals surface area contributed by atoms with E-state index in [-0.39, 0.29) is 17.4 Å². The van der Waals surface area contributed by atoms with E-state index in [2.05, 4.69) is 15.5 Å². The second kappa shape index (κ2) is 5.47. The summed E-state index contributed by atoms with van der Waals surface area (Å²) in [6.45, 7) is 0. The molecule has 94 valence electrons. The first-order valence-electron chi connectivity index (χ1n) is 4.90. The number of nitrogens with zero attached hydrogens (tertiary/aromatic N) is 4. The second-order valence-electron chi connectivity index (χ2n) is 3.25. The van der Waals surface area contributed by atoms with Gasteiger partial charge in [0.1, 0.15) is 5.75 Å². The average molecular weight is 266 g/mol. The van der Waals surface area contributed by atoms with Gasteiger partial charge in [-0.05, 0) is 34.7 Å². The maximum atomic E-state index is 11.0. The van der Waals surface area contributed by atoms with Crippen molar-refractivity contribution in [2.75, 3.05) is 5.75 Å². The van der Waals surface area contributed by atoms with E-state index < -0.39 is 0 Å². The summed E-state index contributed by atoms with van der Waals surface area (Å²) in [4.78, 5) is 11.0. The van der Waals surface area contributed by atoms with Gasteiger partial charge < -0.3 is 5.11 Å². The molecule has 0 spiro atoms. The van der Waals surface area contributed by atoms with Crippen LogP contribution in [0.1, 0.15) is 0 Å². The van der Waals surface area contributed by atoms with E-state index in [1.807, 2.05) is 5.43 Å². The molecule has 0 saturated heterocycles. The first-order valence-corrected chi connectivity index (χ1v) is 5.89. The number of tetrazole rings is 1. The molecule has 0 unspecified atom stereocenters. The first-order chi connectivity index (χ1) is 8.70. The van der Waals surface area contributed by atoms with Crippen molar-refractivity contribution in [2.45, 2.75) is 5.16 Å². The van der Waals surface area contributed by atoms with E-state index in [9.17, 15) is 9.90 Å². The SMILES string of the molecule is NNC(=O)CSc1nnnn1-c1ccc(O)cc1. The normalized spacial score (nSPS) is 10.3. The lowest BCUT2D eigenvalue weighted by atomic mass is 10.3. The molecule has 1 heterocycles. The largest absolute Gasteiger partial charge is 0.508 e. The van der Waals surface area contributed by atoms with E-state index in [0.717, 1.165) is 11.8 Å². The summed E-state index contributed by atoms with van der Waals surface area (Å²) in [7, 11) is 0. The van der Waals surface area contributed by atoms with Gasteiger partial charge in [0.15, 0.2) is 0 Å². The minimum atomic E-state index is -0.319. The Labute approximate surface area is 106 Å². The van der Waals surface area contributed by atoms with Gasteiger partial charge in [-0.25, -0.2) is 5.84 Å². The molecule has 9 heteroatoms. The summed E-state index contributed by atoms with van der Waals surface area (Å²) in [5.41, 5.74) is 2.71. The fourth-order valence-electron chi connectivity index (χ4n) is 1.20. The predicted octanol–water partition coefficient (Wildman–Crippen LogP) is -0.550. The van der Waals surface area contributed by atoms with Crippen molar-refractivity contribution in [3.63, 3.8) is 0 Å². The zero-order valence-corrected chi connectivity index (χ0v) is 9.96. The molecule has 18 heavy (non-hydrogen) atoms. The Morgan fingerprint density at radius 2 is 2.17 bits per heavy atom. The Bertz CT molecular complexity index is 540. The van der Waals surface area contributed by atoms with Crippen molar-refractivity contribution in [1.82, 2.24) is 25.6 Å². The third-order valence-electron chi connectivity index (χ3n) is 2.03. The van der Waals surface area contributed by atoms with Crippen LogP contribution in [0.5, 0.6) is 5.75 Å². The van der Waals surface area contributed by atoms with Gasteiger partial charge in [0.2, 0.25) is 11.1 Å². The molecule has 1 aromatic carbocycles. The Morgan fingerprint density at radius 3 is 2.83 bits per heavy atom. The molecular formula is C9H10N6O2S. The van der Waals surface area contributed by atoms with Gasteiger partial charge >= 0.3 is 0 Å². The molecule has 0 bridgehead atoms. The number of carbonyl (C=O) groups excluding carboxylic acids is 1. The summed E-state index contributed by atoms with van der Waals surface area (Å²) in [5.74, 6) is 4.94. The Balaban J connectivity index is 2.17. The number of nitrogens with one attached hydrogen (secondary N) is 1. The standard InChI is InChI=1S/C9H10N6O2S/c10-11-8(17)5-18-9-12-13-14-15(9)6-1-3-7(16)4-2-6/h1-4,16H,5,10H2,(H,11,17). The topological polar surface area (TPSA) is 119 Å². The Kier molecular flexibility index (Phi) is 3.75. The van der Waals surface area contributed by atoms with E-state index in [1.54, 1.807) is 12.1 Å². The third kappa shape index (κ3) is 2.76. The van der Waals surface area contributed by atoms with Crippen LogP contribution in [-0.4, -0.2) is 37.0 Å². The summed E-state index contributed by atoms with van der Waals surface area (Å²) in [6.07, 6.45) is 0. The lowest BCUT2D eigenvalue weighted by Crippen LogP contribution is -2.31. The van der Waals surface area contributed by atoms with Crippen molar-refractivity contribution in [3.8, 4) is 11.4 Å². The van der Waals surface area contributed by atoms with Gasteiger partial charge in [0.25, 0.3) is 0 Å². The van der Waals surface area contributed by atoms with Crippen molar-refractivity contribution < 1.29 is 9.90 Å². The number of carbonyl (C=O) groups is 1. The second-order valence-corrected chi connectivity index (χ2v) is 4.19. The lowest BCUT2D eigenvalue weighted by molar-refractivity contribution is -0.118. The summed E-state index contributed by atoms with van der Waals surface area (Å²) in [5, 5.41) is 20.8. The number of thioether (sulfide) groups is 1. The van der Waals surface area contributed by atoms with Crippen LogP contribution in [0.15, 0.2) is 29.4 Å². The number of hydrazine groups is 1. The molecule has 0 atom stereocenters. The molecule has 0 radical (unpaired) electrons. The number of phenols is 1. The van der Waals surface area contributed by atoms with E-state index >= 15 is 0 Å². The number of hydrogen-bond donors (Lipinski definition) is 3. The highest BCUT2D eigenvalue weighted by Crippen LogP contribution is 2.19. The molecule has 0 aliphatic heterocycles. The maximum absolute atomic E-state index is 11.0. The molecular weight excluding hydrogens is 256 g/mol. The zero-order chi connectivity index (χ0) is 13.0. The number of nitrogens with two attached hydrogens (primary N) is 1. The molecule has 4 N–H and O–H groups in total. The van der Waals surface area contributed by atoms with Crippen LogP contribution in [-0.2, 0) is 4.79 Å². The molecule has 2 aromatic rings.